The highest BCUT2D eigenvalue weighted by molar-refractivity contribution is 5.91. The van der Waals surface area contributed by atoms with Crippen LogP contribution in [-0.2, 0) is 28.5 Å². The molecule has 0 aromatic rings. The van der Waals surface area contributed by atoms with Crippen molar-refractivity contribution in [3.8, 4) is 0 Å². The van der Waals surface area contributed by atoms with E-state index in [9.17, 15) is 19.2 Å². The van der Waals surface area contributed by atoms with E-state index in [-0.39, 0.29) is 13.2 Å². The number of hydrogen-bond acceptors (Lipinski definition) is 8. The Kier molecular flexibility index (Phi) is 10.4. The molecule has 10 heteroatoms. The third kappa shape index (κ3) is 10.9. The second-order valence-electron chi connectivity index (χ2n) is 4.67. The first-order valence-electron chi connectivity index (χ1n) is 6.99. The average molecular weight is 346 g/mol. The fourth-order valence-corrected chi connectivity index (χ4v) is 1.25. The fraction of sp³-hybridized carbons (Fsp3) is 0.571. The Bertz CT molecular complexity index is 435. The minimum Gasteiger partial charge on any atom is -0.460 e. The molecule has 0 aromatic carbocycles. The van der Waals surface area contributed by atoms with Crippen molar-refractivity contribution < 1.29 is 38.1 Å². The highest BCUT2D eigenvalue weighted by atomic mass is 16.6. The molecule has 2 amide bonds. The van der Waals surface area contributed by atoms with E-state index in [2.05, 4.69) is 20.1 Å². The standard InChI is InChI=1S/C14H22N2O8/c1-9(15-13(19)21-3)7-23-11(17)5-6-12(18)24-8-10(2)16-14(20)22-4/h5-6,9-10H,7-8H2,1-4H3,(H,15,19)(H,16,20)/b6-5+/t9-,10-/m1/s1. The van der Waals surface area contributed by atoms with Crippen molar-refractivity contribution in [2.75, 3.05) is 27.4 Å². The molecule has 2 N–H and O–H groups in total. The Balaban J connectivity index is 4.02. The second kappa shape index (κ2) is 11.7. The molecule has 136 valence electrons. The van der Waals surface area contributed by atoms with Gasteiger partial charge in [0.1, 0.15) is 13.2 Å². The van der Waals surface area contributed by atoms with Crippen LogP contribution in [-0.4, -0.2) is 63.6 Å². The van der Waals surface area contributed by atoms with Crippen LogP contribution in [0.15, 0.2) is 12.2 Å². The lowest BCUT2D eigenvalue weighted by molar-refractivity contribution is -0.141. The Labute approximate surface area is 139 Å². The zero-order valence-corrected chi connectivity index (χ0v) is 14.0. The summed E-state index contributed by atoms with van der Waals surface area (Å²) in [6, 6.07) is -0.904. The van der Waals surface area contributed by atoms with Crippen LogP contribution in [0.3, 0.4) is 0 Å². The first kappa shape index (κ1) is 21.2. The molecular weight excluding hydrogens is 324 g/mol. The summed E-state index contributed by atoms with van der Waals surface area (Å²) in [4.78, 5) is 44.6. The number of alkyl carbamates (subject to hydrolysis) is 2. The van der Waals surface area contributed by atoms with E-state index in [0.29, 0.717) is 0 Å². The predicted octanol–water partition coefficient (Wildman–Crippen LogP) is 0.118. The molecule has 0 aromatic heterocycles. The lowest BCUT2D eigenvalue weighted by Gasteiger charge is -2.12. The summed E-state index contributed by atoms with van der Waals surface area (Å²) < 4.78 is 18.4. The predicted molar refractivity (Wildman–Crippen MR) is 81.1 cm³/mol. The van der Waals surface area contributed by atoms with Gasteiger partial charge in [0.15, 0.2) is 0 Å². The molecule has 0 spiro atoms. The molecule has 0 fully saturated rings. The molecule has 0 bridgehead atoms. The van der Waals surface area contributed by atoms with Crippen LogP contribution in [0, 0.1) is 0 Å². The van der Waals surface area contributed by atoms with Crippen molar-refractivity contribution in [3.63, 3.8) is 0 Å². The highest BCUT2D eigenvalue weighted by Crippen LogP contribution is 1.92. The summed E-state index contributed by atoms with van der Waals surface area (Å²) in [5.74, 6) is -1.54. The van der Waals surface area contributed by atoms with Gasteiger partial charge in [0, 0.05) is 12.2 Å². The van der Waals surface area contributed by atoms with E-state index in [1.165, 1.54) is 14.2 Å². The van der Waals surface area contributed by atoms with Crippen molar-refractivity contribution in [1.82, 2.24) is 10.6 Å². The normalized spacial score (nSPS) is 12.7. The van der Waals surface area contributed by atoms with Crippen molar-refractivity contribution in [3.05, 3.63) is 12.2 Å². The zero-order chi connectivity index (χ0) is 18.5. The van der Waals surface area contributed by atoms with Gasteiger partial charge in [-0.05, 0) is 13.8 Å². The summed E-state index contributed by atoms with van der Waals surface area (Å²) in [6.07, 6.45) is 0.497. The summed E-state index contributed by atoms with van der Waals surface area (Å²) in [5.41, 5.74) is 0. The summed E-state index contributed by atoms with van der Waals surface area (Å²) in [6.45, 7) is 3.04. The van der Waals surface area contributed by atoms with E-state index < -0.39 is 36.2 Å². The number of carbonyl (C=O) groups is 4. The van der Waals surface area contributed by atoms with Crippen molar-refractivity contribution in [2.24, 2.45) is 0 Å². The number of amides is 2. The van der Waals surface area contributed by atoms with Crippen molar-refractivity contribution in [1.29, 1.82) is 0 Å². The number of rotatable bonds is 8. The van der Waals surface area contributed by atoms with Crippen LogP contribution in [0.2, 0.25) is 0 Å². The van der Waals surface area contributed by atoms with Gasteiger partial charge in [-0.2, -0.15) is 0 Å². The summed E-state index contributed by atoms with van der Waals surface area (Å²) in [5, 5.41) is 4.81. The van der Waals surface area contributed by atoms with Gasteiger partial charge in [0.05, 0.1) is 26.3 Å². The zero-order valence-electron chi connectivity index (χ0n) is 14.0. The average Bonchev–Trinajstić information content (AvgIpc) is 2.55. The molecule has 10 nitrogen and oxygen atoms in total. The first-order valence-corrected chi connectivity index (χ1v) is 6.99. The van der Waals surface area contributed by atoms with E-state index in [0.717, 1.165) is 12.2 Å². The quantitative estimate of drug-likeness (QED) is 0.360. The molecule has 2 atom stereocenters. The molecule has 0 aliphatic rings. The van der Waals surface area contributed by atoms with Crippen LogP contribution in [0.4, 0.5) is 9.59 Å². The Hall–Kier alpha value is -2.78. The molecule has 0 saturated heterocycles. The lowest BCUT2D eigenvalue weighted by atomic mass is 10.4. The van der Waals surface area contributed by atoms with Gasteiger partial charge in [-0.3, -0.25) is 0 Å². The van der Waals surface area contributed by atoms with Gasteiger partial charge < -0.3 is 29.6 Å². The molecule has 0 rings (SSSR count). The Morgan fingerprint density at radius 3 is 1.42 bits per heavy atom. The molecule has 0 heterocycles. The third-order valence-corrected chi connectivity index (χ3v) is 2.41. The minimum atomic E-state index is -0.772. The number of nitrogens with one attached hydrogen (secondary N) is 2. The number of methoxy groups -OCH3 is 2. The van der Waals surface area contributed by atoms with Crippen LogP contribution in [0.5, 0.6) is 0 Å². The van der Waals surface area contributed by atoms with Gasteiger partial charge in [0.25, 0.3) is 0 Å². The molecule has 24 heavy (non-hydrogen) atoms. The van der Waals surface area contributed by atoms with E-state index in [1.54, 1.807) is 13.8 Å². The Morgan fingerprint density at radius 1 is 0.792 bits per heavy atom. The smallest absolute Gasteiger partial charge is 0.407 e. The van der Waals surface area contributed by atoms with E-state index in [4.69, 9.17) is 9.47 Å². The van der Waals surface area contributed by atoms with E-state index in [1.807, 2.05) is 0 Å². The largest absolute Gasteiger partial charge is 0.460 e. The highest BCUT2D eigenvalue weighted by Gasteiger charge is 2.10. The van der Waals surface area contributed by atoms with Crippen LogP contribution >= 0.6 is 0 Å². The van der Waals surface area contributed by atoms with Gasteiger partial charge in [-0.1, -0.05) is 0 Å². The molecular formula is C14H22N2O8. The number of esters is 2. The van der Waals surface area contributed by atoms with Gasteiger partial charge in [-0.15, -0.1) is 0 Å². The van der Waals surface area contributed by atoms with Gasteiger partial charge in [-0.25, -0.2) is 19.2 Å². The lowest BCUT2D eigenvalue weighted by Crippen LogP contribution is -2.36. The number of ether oxygens (including phenoxy) is 4. The van der Waals surface area contributed by atoms with Crippen molar-refractivity contribution >= 4 is 24.1 Å². The van der Waals surface area contributed by atoms with Gasteiger partial charge >= 0.3 is 24.1 Å². The van der Waals surface area contributed by atoms with E-state index >= 15 is 0 Å². The summed E-state index contributed by atoms with van der Waals surface area (Å²) in [7, 11) is 2.42. The molecule has 0 aliphatic heterocycles. The van der Waals surface area contributed by atoms with Crippen LogP contribution < -0.4 is 10.6 Å². The minimum absolute atomic E-state index is 0.0899. The van der Waals surface area contributed by atoms with Gasteiger partial charge in [0.2, 0.25) is 0 Å². The SMILES string of the molecule is COC(=O)N[C@H](C)COC(=O)/C=C/C(=O)OC[C@@H](C)NC(=O)OC. The molecule has 0 unspecified atom stereocenters. The molecule has 0 aliphatic carbocycles. The number of carbonyl (C=O) groups excluding carboxylic acids is 4. The fourth-order valence-electron chi connectivity index (χ4n) is 1.25. The molecule has 0 saturated carbocycles. The maximum atomic E-state index is 11.4. The maximum absolute atomic E-state index is 11.4. The summed E-state index contributed by atoms with van der Waals surface area (Å²) >= 11 is 0. The Morgan fingerprint density at radius 2 is 1.12 bits per heavy atom. The molecule has 0 radical (unpaired) electrons. The number of hydrogen-bond donors (Lipinski definition) is 2. The monoisotopic (exact) mass is 346 g/mol. The van der Waals surface area contributed by atoms with Crippen molar-refractivity contribution in [2.45, 2.75) is 25.9 Å². The maximum Gasteiger partial charge on any atom is 0.407 e. The first-order chi connectivity index (χ1) is 11.3. The third-order valence-electron chi connectivity index (χ3n) is 2.41. The second-order valence-corrected chi connectivity index (χ2v) is 4.67. The van der Waals surface area contributed by atoms with Crippen LogP contribution in [0.25, 0.3) is 0 Å². The van der Waals surface area contributed by atoms with Crippen LogP contribution in [0.1, 0.15) is 13.8 Å². The topological polar surface area (TPSA) is 129 Å².